The van der Waals surface area contributed by atoms with E-state index in [0.717, 1.165) is 27.7 Å². The van der Waals surface area contributed by atoms with E-state index < -0.39 is 28.5 Å². The molecule has 2 heterocycles. The van der Waals surface area contributed by atoms with E-state index in [1.807, 2.05) is 31.2 Å². The summed E-state index contributed by atoms with van der Waals surface area (Å²) in [6, 6.07) is 13.1. The van der Waals surface area contributed by atoms with E-state index in [-0.39, 0.29) is 30.8 Å². The third-order valence-corrected chi connectivity index (χ3v) is 8.27. The van der Waals surface area contributed by atoms with Gasteiger partial charge in [0.2, 0.25) is 11.8 Å². The quantitative estimate of drug-likeness (QED) is 0.405. The fourth-order valence-corrected chi connectivity index (χ4v) is 5.58. The molecular formula is C29H28BrF2N3O4. The lowest BCUT2D eigenvalue weighted by Crippen LogP contribution is -2.69. The highest BCUT2D eigenvalue weighted by Crippen LogP contribution is 2.54. The number of methoxy groups -OCH3 is 2. The molecule has 1 aliphatic carbocycles. The normalized spacial score (nSPS) is 21.2. The number of nitrogens with zero attached hydrogens (tertiary/aromatic N) is 2. The summed E-state index contributed by atoms with van der Waals surface area (Å²) >= 11 is 3.45. The Kier molecular flexibility index (Phi) is 7.19. The maximum Gasteiger partial charge on any atom is 0.259 e. The summed E-state index contributed by atoms with van der Waals surface area (Å²) in [6.07, 6.45) is 2.11. The summed E-state index contributed by atoms with van der Waals surface area (Å²) in [7, 11) is 3.02. The Balaban J connectivity index is 1.37. The smallest absolute Gasteiger partial charge is 0.259 e. The highest BCUT2D eigenvalue weighted by Gasteiger charge is 2.58. The minimum Gasteiger partial charge on any atom is -0.480 e. The van der Waals surface area contributed by atoms with Gasteiger partial charge in [0.1, 0.15) is 11.1 Å². The minimum atomic E-state index is -0.932. The summed E-state index contributed by atoms with van der Waals surface area (Å²) in [5.74, 6) is -2.51. The van der Waals surface area contributed by atoms with Crippen LogP contribution in [-0.2, 0) is 27.1 Å². The van der Waals surface area contributed by atoms with E-state index in [1.165, 1.54) is 13.2 Å². The van der Waals surface area contributed by atoms with Crippen molar-refractivity contribution in [1.82, 2.24) is 15.2 Å². The molecule has 1 N–H and O–H groups in total. The first-order valence-corrected chi connectivity index (χ1v) is 13.2. The Morgan fingerprint density at radius 1 is 1.08 bits per heavy atom. The average molecular weight is 600 g/mol. The first-order chi connectivity index (χ1) is 18.6. The van der Waals surface area contributed by atoms with Crippen LogP contribution >= 0.6 is 15.9 Å². The van der Waals surface area contributed by atoms with Gasteiger partial charge >= 0.3 is 0 Å². The van der Waals surface area contributed by atoms with Crippen LogP contribution in [0.5, 0.6) is 5.88 Å². The number of ether oxygens (including phenoxy) is 2. The predicted molar refractivity (Wildman–Crippen MR) is 143 cm³/mol. The SMILES string of the molecule is COCc1cnc(OC)c(C(=O)N2CC(NC(=O)C3CC3(C)c3ccc(F)c(F)c3)(c3ccc(Br)cc3)C2)c1. The molecule has 0 bridgehead atoms. The molecule has 2 aromatic carbocycles. The molecule has 2 atom stereocenters. The van der Waals surface area contributed by atoms with Gasteiger partial charge in [-0.25, -0.2) is 13.8 Å². The molecule has 2 amide bonds. The number of pyridine rings is 1. The summed E-state index contributed by atoms with van der Waals surface area (Å²) in [6.45, 7) is 2.66. The molecule has 1 aliphatic heterocycles. The third kappa shape index (κ3) is 5.03. The van der Waals surface area contributed by atoms with Crippen LogP contribution < -0.4 is 10.1 Å². The Morgan fingerprint density at radius 3 is 2.41 bits per heavy atom. The fourth-order valence-electron chi connectivity index (χ4n) is 5.32. The summed E-state index contributed by atoms with van der Waals surface area (Å²) in [4.78, 5) is 32.9. The van der Waals surface area contributed by atoms with E-state index in [4.69, 9.17) is 9.47 Å². The van der Waals surface area contributed by atoms with Crippen molar-refractivity contribution in [1.29, 1.82) is 0 Å². The second-order valence-corrected chi connectivity index (χ2v) is 11.3. The van der Waals surface area contributed by atoms with E-state index in [2.05, 4.69) is 26.2 Å². The Bertz CT molecular complexity index is 1430. The number of benzene rings is 2. The van der Waals surface area contributed by atoms with Crippen LogP contribution in [0.1, 0.15) is 40.4 Å². The lowest BCUT2D eigenvalue weighted by Gasteiger charge is -2.51. The van der Waals surface area contributed by atoms with Crippen LogP contribution in [0.15, 0.2) is 59.2 Å². The summed E-state index contributed by atoms with van der Waals surface area (Å²) in [5.41, 5.74) is 1.09. The van der Waals surface area contributed by atoms with Crippen LogP contribution in [0.3, 0.4) is 0 Å². The van der Waals surface area contributed by atoms with Crippen molar-refractivity contribution in [3.63, 3.8) is 0 Å². The van der Waals surface area contributed by atoms with Gasteiger partial charge in [-0.1, -0.05) is 41.1 Å². The molecule has 0 spiro atoms. The number of carbonyl (C=O) groups excluding carboxylic acids is 2. The zero-order valence-electron chi connectivity index (χ0n) is 21.8. The average Bonchev–Trinajstić information content (AvgIpc) is 3.60. The first kappa shape index (κ1) is 27.2. The Morgan fingerprint density at radius 2 is 1.77 bits per heavy atom. The van der Waals surface area contributed by atoms with Gasteiger partial charge in [-0.15, -0.1) is 0 Å². The van der Waals surface area contributed by atoms with Crippen molar-refractivity contribution in [3.05, 3.63) is 93.1 Å². The molecule has 39 heavy (non-hydrogen) atoms. The molecule has 5 rings (SSSR count). The molecule has 7 nitrogen and oxygen atoms in total. The fraction of sp³-hybridized carbons (Fsp3) is 0.345. The monoisotopic (exact) mass is 599 g/mol. The van der Waals surface area contributed by atoms with Gasteiger partial charge in [0, 0.05) is 29.1 Å². The second-order valence-electron chi connectivity index (χ2n) is 10.4. The van der Waals surface area contributed by atoms with Gasteiger partial charge in [0.25, 0.3) is 5.91 Å². The lowest BCUT2D eigenvalue weighted by molar-refractivity contribution is -0.127. The number of likely N-dealkylation sites (tertiary alicyclic amines) is 1. The standard InChI is InChI=1S/C29H28BrF2N3O4/c1-28(19-6-9-23(31)24(32)11-19)12-22(28)25(36)34-29(18-4-7-20(30)8-5-18)15-35(16-29)27(37)21-10-17(14-38-2)13-33-26(21)39-3/h4-11,13,22H,12,14-16H2,1-3H3,(H,34,36). The van der Waals surface area contributed by atoms with Gasteiger partial charge in [0.05, 0.1) is 26.8 Å². The van der Waals surface area contributed by atoms with Gasteiger partial charge in [-0.3, -0.25) is 9.59 Å². The van der Waals surface area contributed by atoms with E-state index in [0.29, 0.717) is 24.2 Å². The molecule has 1 saturated heterocycles. The molecule has 1 aromatic heterocycles. The van der Waals surface area contributed by atoms with E-state index in [9.17, 15) is 18.4 Å². The number of halogens is 3. The van der Waals surface area contributed by atoms with Crippen molar-refractivity contribution in [3.8, 4) is 5.88 Å². The van der Waals surface area contributed by atoms with Crippen LogP contribution in [0.25, 0.3) is 0 Å². The number of amides is 2. The van der Waals surface area contributed by atoms with Crippen molar-refractivity contribution >= 4 is 27.7 Å². The molecule has 2 fully saturated rings. The molecule has 3 aromatic rings. The van der Waals surface area contributed by atoms with Gasteiger partial charge in [-0.05, 0) is 53.4 Å². The zero-order chi connectivity index (χ0) is 27.9. The molecule has 204 valence electrons. The molecule has 2 aliphatic rings. The summed E-state index contributed by atoms with van der Waals surface area (Å²) in [5, 5.41) is 3.19. The van der Waals surface area contributed by atoms with Crippen LogP contribution in [0.4, 0.5) is 8.78 Å². The number of rotatable bonds is 8. The Labute approximate surface area is 233 Å². The number of aromatic nitrogens is 1. The second kappa shape index (κ2) is 10.3. The van der Waals surface area contributed by atoms with Crippen molar-refractivity contribution in [2.45, 2.75) is 30.9 Å². The van der Waals surface area contributed by atoms with E-state index >= 15 is 0 Å². The topological polar surface area (TPSA) is 80.8 Å². The molecule has 0 radical (unpaired) electrons. The minimum absolute atomic E-state index is 0.196. The van der Waals surface area contributed by atoms with Gasteiger partial charge in [-0.2, -0.15) is 0 Å². The van der Waals surface area contributed by atoms with Crippen LogP contribution in [0, 0.1) is 17.6 Å². The molecular weight excluding hydrogens is 572 g/mol. The molecule has 2 unspecified atom stereocenters. The largest absolute Gasteiger partial charge is 0.480 e. The van der Waals surface area contributed by atoms with Crippen LogP contribution in [-0.4, -0.2) is 49.0 Å². The third-order valence-electron chi connectivity index (χ3n) is 7.74. The van der Waals surface area contributed by atoms with Gasteiger partial charge in [0.15, 0.2) is 11.6 Å². The van der Waals surface area contributed by atoms with Crippen LogP contribution in [0.2, 0.25) is 0 Å². The number of carbonyl (C=O) groups is 2. The van der Waals surface area contributed by atoms with E-state index in [1.54, 1.807) is 24.3 Å². The number of hydrogen-bond acceptors (Lipinski definition) is 5. The maximum absolute atomic E-state index is 13.9. The number of nitrogens with one attached hydrogen (secondary N) is 1. The predicted octanol–water partition coefficient (Wildman–Crippen LogP) is 4.72. The molecule has 10 heteroatoms. The summed E-state index contributed by atoms with van der Waals surface area (Å²) < 4.78 is 38.8. The lowest BCUT2D eigenvalue weighted by atomic mass is 9.81. The molecule has 1 saturated carbocycles. The van der Waals surface area contributed by atoms with Crippen molar-refractivity contribution in [2.24, 2.45) is 5.92 Å². The maximum atomic E-state index is 13.9. The van der Waals surface area contributed by atoms with Gasteiger partial charge < -0.3 is 19.7 Å². The highest BCUT2D eigenvalue weighted by molar-refractivity contribution is 9.10. The highest BCUT2D eigenvalue weighted by atomic mass is 79.9. The Hall–Kier alpha value is -3.37. The first-order valence-electron chi connectivity index (χ1n) is 12.4. The zero-order valence-corrected chi connectivity index (χ0v) is 23.3. The van der Waals surface area contributed by atoms with Crippen molar-refractivity contribution < 1.29 is 27.8 Å². The number of hydrogen-bond donors (Lipinski definition) is 1. The van der Waals surface area contributed by atoms with Crippen molar-refractivity contribution in [2.75, 3.05) is 27.3 Å².